The number of carbonyl (C=O) groups is 1. The standard InChI is InChI=1S/C31H37N3O5/c35-22-25-8-10-26(11-9-25)29-18-28(21-34-14-16-37-17-15-34)38-30(39-29)27-12-6-24(7-13-27)20-33-31(36)32-19-23-4-2-1-3-5-23/h1-13,28-30,35H,14-22H2,(H2,32,33,36). The molecule has 3 N–H and O–H groups in total. The van der Waals surface area contributed by atoms with Crippen LogP contribution in [0.3, 0.4) is 0 Å². The van der Waals surface area contributed by atoms with Crippen molar-refractivity contribution in [1.29, 1.82) is 0 Å². The second-order valence-corrected chi connectivity index (χ2v) is 10.0. The lowest BCUT2D eigenvalue weighted by Gasteiger charge is -2.39. The fourth-order valence-corrected chi connectivity index (χ4v) is 4.92. The van der Waals surface area contributed by atoms with Crippen molar-refractivity contribution in [2.75, 3.05) is 32.8 Å². The molecule has 8 nitrogen and oxygen atoms in total. The number of carbonyl (C=O) groups excluding carboxylic acids is 1. The first-order valence-electron chi connectivity index (χ1n) is 13.6. The minimum atomic E-state index is -0.497. The highest BCUT2D eigenvalue weighted by Crippen LogP contribution is 2.38. The Morgan fingerprint density at radius 1 is 0.795 bits per heavy atom. The monoisotopic (exact) mass is 531 g/mol. The Morgan fingerprint density at radius 3 is 2.08 bits per heavy atom. The average molecular weight is 532 g/mol. The number of aliphatic hydroxyl groups is 1. The molecule has 8 heteroatoms. The van der Waals surface area contributed by atoms with E-state index in [4.69, 9.17) is 14.2 Å². The van der Waals surface area contributed by atoms with Crippen LogP contribution in [-0.2, 0) is 33.9 Å². The smallest absolute Gasteiger partial charge is 0.315 e. The Kier molecular flexibility index (Phi) is 9.58. The van der Waals surface area contributed by atoms with Gasteiger partial charge in [-0.25, -0.2) is 4.79 Å². The lowest BCUT2D eigenvalue weighted by atomic mass is 9.99. The number of aliphatic hydroxyl groups excluding tert-OH is 1. The number of ether oxygens (including phenoxy) is 3. The zero-order valence-corrected chi connectivity index (χ0v) is 22.1. The second-order valence-electron chi connectivity index (χ2n) is 10.0. The van der Waals surface area contributed by atoms with Crippen molar-refractivity contribution >= 4 is 6.03 Å². The Labute approximate surface area is 229 Å². The van der Waals surface area contributed by atoms with Gasteiger partial charge in [0.05, 0.1) is 32.0 Å². The molecule has 39 heavy (non-hydrogen) atoms. The molecular formula is C31H37N3O5. The Hall–Kier alpha value is -3.27. The van der Waals surface area contributed by atoms with E-state index in [1.165, 1.54) is 0 Å². The second kappa shape index (κ2) is 13.7. The molecule has 0 radical (unpaired) electrons. The topological polar surface area (TPSA) is 92.3 Å². The van der Waals surface area contributed by atoms with Crippen molar-refractivity contribution in [2.45, 2.75) is 44.6 Å². The van der Waals surface area contributed by atoms with Crippen LogP contribution in [0.25, 0.3) is 0 Å². The van der Waals surface area contributed by atoms with Gasteiger partial charge in [0.25, 0.3) is 0 Å². The summed E-state index contributed by atoms with van der Waals surface area (Å²) in [6.45, 7) is 5.06. The SMILES string of the molecule is O=C(NCc1ccccc1)NCc1ccc(C2OC(CN3CCOCC3)CC(c3ccc(CO)cc3)O2)cc1. The van der Waals surface area contributed by atoms with Crippen LogP contribution in [0.4, 0.5) is 4.79 Å². The number of hydrogen-bond acceptors (Lipinski definition) is 6. The van der Waals surface area contributed by atoms with E-state index in [1.807, 2.05) is 78.9 Å². The number of amides is 2. The van der Waals surface area contributed by atoms with Crippen LogP contribution in [0.2, 0.25) is 0 Å². The molecule has 0 spiro atoms. The molecule has 3 atom stereocenters. The van der Waals surface area contributed by atoms with Gasteiger partial charge in [0.1, 0.15) is 0 Å². The molecule has 3 aromatic rings. The lowest BCUT2D eigenvalue weighted by molar-refractivity contribution is -0.253. The number of morpholine rings is 1. The van der Waals surface area contributed by atoms with Crippen molar-refractivity contribution in [3.63, 3.8) is 0 Å². The maximum Gasteiger partial charge on any atom is 0.315 e. The highest BCUT2D eigenvalue weighted by atomic mass is 16.7. The molecule has 2 amide bonds. The summed E-state index contributed by atoms with van der Waals surface area (Å²) in [7, 11) is 0. The zero-order chi connectivity index (χ0) is 26.9. The molecule has 2 fully saturated rings. The minimum absolute atomic E-state index is 0.0130. The maximum atomic E-state index is 12.2. The van der Waals surface area contributed by atoms with E-state index in [2.05, 4.69) is 15.5 Å². The van der Waals surface area contributed by atoms with Crippen molar-refractivity contribution in [3.8, 4) is 0 Å². The third kappa shape index (κ3) is 7.88. The summed E-state index contributed by atoms with van der Waals surface area (Å²) in [4.78, 5) is 14.6. The van der Waals surface area contributed by atoms with Crippen molar-refractivity contribution in [3.05, 3.63) is 107 Å². The molecule has 0 aliphatic carbocycles. The molecular weight excluding hydrogens is 494 g/mol. The van der Waals surface area contributed by atoms with Gasteiger partial charge in [-0.15, -0.1) is 0 Å². The first-order chi connectivity index (χ1) is 19.2. The van der Waals surface area contributed by atoms with Crippen LogP contribution in [-0.4, -0.2) is 55.0 Å². The number of benzene rings is 3. The van der Waals surface area contributed by atoms with E-state index in [1.54, 1.807) is 0 Å². The fourth-order valence-electron chi connectivity index (χ4n) is 4.92. The largest absolute Gasteiger partial charge is 0.392 e. The zero-order valence-electron chi connectivity index (χ0n) is 22.1. The van der Waals surface area contributed by atoms with Crippen molar-refractivity contribution < 1.29 is 24.1 Å². The van der Waals surface area contributed by atoms with Gasteiger partial charge < -0.3 is 30.0 Å². The van der Waals surface area contributed by atoms with Gasteiger partial charge in [0, 0.05) is 44.7 Å². The van der Waals surface area contributed by atoms with E-state index < -0.39 is 6.29 Å². The van der Waals surface area contributed by atoms with Gasteiger partial charge in [-0.05, 0) is 22.3 Å². The first kappa shape index (κ1) is 27.3. The summed E-state index contributed by atoms with van der Waals surface area (Å²) in [5.41, 5.74) is 4.94. The van der Waals surface area contributed by atoms with E-state index in [0.717, 1.165) is 67.1 Å². The Balaban J connectivity index is 1.20. The summed E-state index contributed by atoms with van der Waals surface area (Å²) in [6, 6.07) is 25.6. The van der Waals surface area contributed by atoms with Gasteiger partial charge in [0.15, 0.2) is 6.29 Å². The summed E-state index contributed by atoms with van der Waals surface area (Å²) in [5.74, 6) is 0. The highest BCUT2D eigenvalue weighted by Gasteiger charge is 2.33. The number of rotatable bonds is 9. The number of nitrogens with zero attached hydrogens (tertiary/aromatic N) is 1. The van der Waals surface area contributed by atoms with Gasteiger partial charge in [0.2, 0.25) is 0 Å². The van der Waals surface area contributed by atoms with Crippen LogP contribution >= 0.6 is 0 Å². The van der Waals surface area contributed by atoms with Crippen molar-refractivity contribution in [1.82, 2.24) is 15.5 Å². The van der Waals surface area contributed by atoms with Gasteiger partial charge in [-0.3, -0.25) is 4.90 Å². The van der Waals surface area contributed by atoms with Crippen molar-refractivity contribution in [2.24, 2.45) is 0 Å². The Bertz CT molecular complexity index is 1170. The Morgan fingerprint density at radius 2 is 1.41 bits per heavy atom. The maximum absolute atomic E-state index is 12.2. The molecule has 206 valence electrons. The van der Waals surface area contributed by atoms with E-state index >= 15 is 0 Å². The molecule has 0 bridgehead atoms. The molecule has 2 heterocycles. The molecule has 5 rings (SSSR count). The summed E-state index contributed by atoms with van der Waals surface area (Å²) < 4.78 is 18.4. The third-order valence-electron chi connectivity index (χ3n) is 7.18. The molecule has 3 aromatic carbocycles. The average Bonchev–Trinajstić information content (AvgIpc) is 3.00. The van der Waals surface area contributed by atoms with Gasteiger partial charge in [-0.1, -0.05) is 78.9 Å². The predicted molar refractivity (Wildman–Crippen MR) is 148 cm³/mol. The lowest BCUT2D eigenvalue weighted by Crippen LogP contribution is -2.44. The third-order valence-corrected chi connectivity index (χ3v) is 7.18. The van der Waals surface area contributed by atoms with Gasteiger partial charge >= 0.3 is 6.03 Å². The number of urea groups is 1. The highest BCUT2D eigenvalue weighted by molar-refractivity contribution is 5.73. The number of hydrogen-bond donors (Lipinski definition) is 3. The van der Waals surface area contributed by atoms with Crippen LogP contribution in [0, 0.1) is 0 Å². The van der Waals surface area contributed by atoms with Crippen LogP contribution in [0.15, 0.2) is 78.9 Å². The molecule has 2 saturated heterocycles. The molecule has 2 aliphatic heterocycles. The van der Waals surface area contributed by atoms with Crippen LogP contribution in [0.5, 0.6) is 0 Å². The number of nitrogens with one attached hydrogen (secondary N) is 2. The van der Waals surface area contributed by atoms with Gasteiger partial charge in [-0.2, -0.15) is 0 Å². The molecule has 2 aliphatic rings. The minimum Gasteiger partial charge on any atom is -0.392 e. The van der Waals surface area contributed by atoms with Crippen LogP contribution in [0.1, 0.15) is 46.6 Å². The van der Waals surface area contributed by atoms with E-state index in [-0.39, 0.29) is 24.8 Å². The van der Waals surface area contributed by atoms with E-state index in [9.17, 15) is 9.90 Å². The normalized spacial score (nSPS) is 21.8. The molecule has 0 saturated carbocycles. The first-order valence-corrected chi connectivity index (χ1v) is 13.6. The molecule has 0 aromatic heterocycles. The summed E-state index contributed by atoms with van der Waals surface area (Å²) >= 11 is 0. The predicted octanol–water partition coefficient (Wildman–Crippen LogP) is 4.06. The summed E-state index contributed by atoms with van der Waals surface area (Å²) in [5, 5.41) is 15.2. The summed E-state index contributed by atoms with van der Waals surface area (Å²) in [6.07, 6.45) is 0.159. The quantitative estimate of drug-likeness (QED) is 0.386. The van der Waals surface area contributed by atoms with E-state index in [0.29, 0.717) is 13.1 Å². The molecule has 3 unspecified atom stereocenters. The van der Waals surface area contributed by atoms with Crippen LogP contribution < -0.4 is 10.6 Å². The fraction of sp³-hybridized carbons (Fsp3) is 0.387.